The molecule has 4 heteroatoms. The van der Waals surface area contributed by atoms with E-state index in [9.17, 15) is 4.79 Å². The molecule has 0 aliphatic carbocycles. The van der Waals surface area contributed by atoms with E-state index in [2.05, 4.69) is 0 Å². The number of aliphatic carboxylic acids is 1. The SMILES string of the molecule is CCOc1ccc(C=C(OC)C(=O)O)cc1. The van der Waals surface area contributed by atoms with Crippen molar-refractivity contribution in [3.63, 3.8) is 0 Å². The van der Waals surface area contributed by atoms with Crippen molar-refractivity contribution in [3.8, 4) is 5.75 Å². The summed E-state index contributed by atoms with van der Waals surface area (Å²) >= 11 is 0. The molecule has 0 aliphatic heterocycles. The van der Waals surface area contributed by atoms with Gasteiger partial charge in [-0.1, -0.05) is 12.1 Å². The highest BCUT2D eigenvalue weighted by Crippen LogP contribution is 2.14. The lowest BCUT2D eigenvalue weighted by Crippen LogP contribution is -2.01. The van der Waals surface area contributed by atoms with Gasteiger partial charge in [0.2, 0.25) is 5.76 Å². The zero-order valence-electron chi connectivity index (χ0n) is 9.27. The Morgan fingerprint density at radius 2 is 2.00 bits per heavy atom. The van der Waals surface area contributed by atoms with Gasteiger partial charge in [0.15, 0.2) is 0 Å². The number of benzene rings is 1. The van der Waals surface area contributed by atoms with Gasteiger partial charge in [-0.2, -0.15) is 0 Å². The third kappa shape index (κ3) is 3.31. The molecule has 0 aromatic heterocycles. The molecule has 1 aromatic carbocycles. The molecule has 0 radical (unpaired) electrons. The molecule has 1 aromatic rings. The number of ether oxygens (including phenoxy) is 2. The number of carbonyl (C=O) groups is 1. The van der Waals surface area contributed by atoms with Crippen molar-refractivity contribution < 1.29 is 19.4 Å². The Morgan fingerprint density at radius 3 is 2.44 bits per heavy atom. The van der Waals surface area contributed by atoms with Gasteiger partial charge >= 0.3 is 5.97 Å². The molecule has 0 fully saturated rings. The van der Waals surface area contributed by atoms with Crippen LogP contribution in [-0.2, 0) is 9.53 Å². The van der Waals surface area contributed by atoms with E-state index >= 15 is 0 Å². The van der Waals surface area contributed by atoms with Crippen LogP contribution < -0.4 is 4.74 Å². The molecule has 0 bridgehead atoms. The summed E-state index contributed by atoms with van der Waals surface area (Å²) in [6.45, 7) is 2.51. The lowest BCUT2D eigenvalue weighted by atomic mass is 10.2. The topological polar surface area (TPSA) is 55.8 Å². The lowest BCUT2D eigenvalue weighted by molar-refractivity contribution is -0.135. The van der Waals surface area contributed by atoms with Gasteiger partial charge in [-0.3, -0.25) is 0 Å². The lowest BCUT2D eigenvalue weighted by Gasteiger charge is -2.03. The van der Waals surface area contributed by atoms with E-state index in [4.69, 9.17) is 14.6 Å². The number of methoxy groups -OCH3 is 1. The highest BCUT2D eigenvalue weighted by molar-refractivity contribution is 5.89. The molecule has 0 aliphatic rings. The predicted molar refractivity (Wildman–Crippen MR) is 60.2 cm³/mol. The molecule has 16 heavy (non-hydrogen) atoms. The quantitative estimate of drug-likeness (QED) is 0.612. The highest BCUT2D eigenvalue weighted by atomic mass is 16.5. The first kappa shape index (κ1) is 12.1. The minimum Gasteiger partial charge on any atom is -0.494 e. The van der Waals surface area contributed by atoms with Gasteiger partial charge in [-0.15, -0.1) is 0 Å². The summed E-state index contributed by atoms with van der Waals surface area (Å²) in [5.41, 5.74) is 0.753. The number of carboxylic acids is 1. The maximum absolute atomic E-state index is 10.7. The van der Waals surface area contributed by atoms with E-state index in [0.29, 0.717) is 6.61 Å². The molecule has 0 atom stereocenters. The highest BCUT2D eigenvalue weighted by Gasteiger charge is 2.06. The molecule has 1 N–H and O–H groups in total. The smallest absolute Gasteiger partial charge is 0.371 e. The summed E-state index contributed by atoms with van der Waals surface area (Å²) in [7, 11) is 1.33. The van der Waals surface area contributed by atoms with Crippen LogP contribution in [0.3, 0.4) is 0 Å². The van der Waals surface area contributed by atoms with Crippen molar-refractivity contribution in [1.29, 1.82) is 0 Å². The van der Waals surface area contributed by atoms with Crippen LogP contribution >= 0.6 is 0 Å². The number of carboxylic acid groups (broad SMARTS) is 1. The summed E-state index contributed by atoms with van der Waals surface area (Å²) < 4.78 is 10.00. The summed E-state index contributed by atoms with van der Waals surface area (Å²) in [5, 5.41) is 8.76. The molecule has 0 amide bonds. The fraction of sp³-hybridized carbons (Fsp3) is 0.250. The zero-order valence-corrected chi connectivity index (χ0v) is 9.27. The van der Waals surface area contributed by atoms with Crippen molar-refractivity contribution in [1.82, 2.24) is 0 Å². The minimum atomic E-state index is -1.09. The first-order valence-electron chi connectivity index (χ1n) is 4.89. The Hall–Kier alpha value is -1.97. The summed E-state index contributed by atoms with van der Waals surface area (Å²) in [4.78, 5) is 10.7. The van der Waals surface area contributed by atoms with Crippen LogP contribution in [0.4, 0.5) is 0 Å². The normalized spacial score (nSPS) is 11.0. The molecule has 0 spiro atoms. The summed E-state index contributed by atoms with van der Waals surface area (Å²) in [6, 6.07) is 7.11. The van der Waals surface area contributed by atoms with Gasteiger partial charge in [0.25, 0.3) is 0 Å². The largest absolute Gasteiger partial charge is 0.494 e. The predicted octanol–water partition coefficient (Wildman–Crippen LogP) is 2.16. The first-order valence-corrected chi connectivity index (χ1v) is 4.89. The first-order chi connectivity index (χ1) is 7.67. The van der Waals surface area contributed by atoms with E-state index in [0.717, 1.165) is 11.3 Å². The van der Waals surface area contributed by atoms with Crippen LogP contribution in [0, 0.1) is 0 Å². The molecule has 4 nitrogen and oxygen atoms in total. The monoisotopic (exact) mass is 222 g/mol. The number of rotatable bonds is 5. The van der Waals surface area contributed by atoms with Gasteiger partial charge < -0.3 is 14.6 Å². The molecule has 0 heterocycles. The Bertz CT molecular complexity index is 379. The third-order valence-corrected chi connectivity index (χ3v) is 1.92. The molecule has 0 saturated carbocycles. The van der Waals surface area contributed by atoms with Gasteiger partial charge in [0.1, 0.15) is 5.75 Å². The maximum atomic E-state index is 10.7. The number of hydrogen-bond donors (Lipinski definition) is 1. The second kappa shape index (κ2) is 5.80. The minimum absolute atomic E-state index is 0.0934. The van der Waals surface area contributed by atoms with E-state index in [1.165, 1.54) is 13.2 Å². The van der Waals surface area contributed by atoms with Crippen LogP contribution in [0.1, 0.15) is 12.5 Å². The molecule has 86 valence electrons. The molecule has 0 saturated heterocycles. The maximum Gasteiger partial charge on any atom is 0.371 e. The molecule has 0 unspecified atom stereocenters. The Kier molecular flexibility index (Phi) is 4.39. The Labute approximate surface area is 94.1 Å². The average Bonchev–Trinajstić information content (AvgIpc) is 2.28. The van der Waals surface area contributed by atoms with Gasteiger partial charge in [0.05, 0.1) is 13.7 Å². The van der Waals surface area contributed by atoms with Crippen molar-refractivity contribution in [2.24, 2.45) is 0 Å². The van der Waals surface area contributed by atoms with Crippen molar-refractivity contribution in [3.05, 3.63) is 35.6 Å². The van der Waals surface area contributed by atoms with E-state index in [1.54, 1.807) is 24.3 Å². The fourth-order valence-corrected chi connectivity index (χ4v) is 1.19. The van der Waals surface area contributed by atoms with Gasteiger partial charge in [-0.05, 0) is 30.7 Å². The van der Waals surface area contributed by atoms with E-state index < -0.39 is 5.97 Å². The fourth-order valence-electron chi connectivity index (χ4n) is 1.19. The van der Waals surface area contributed by atoms with Crippen LogP contribution in [0.15, 0.2) is 30.0 Å². The van der Waals surface area contributed by atoms with Crippen LogP contribution in [-0.4, -0.2) is 24.8 Å². The van der Waals surface area contributed by atoms with Crippen LogP contribution in [0.25, 0.3) is 6.08 Å². The van der Waals surface area contributed by atoms with E-state index in [1.807, 2.05) is 6.92 Å². The Morgan fingerprint density at radius 1 is 1.38 bits per heavy atom. The Balaban J connectivity index is 2.85. The average molecular weight is 222 g/mol. The molecular formula is C12H14O4. The summed E-state index contributed by atoms with van der Waals surface area (Å²) in [5.74, 6) is -0.422. The van der Waals surface area contributed by atoms with Crippen molar-refractivity contribution in [2.45, 2.75) is 6.92 Å². The van der Waals surface area contributed by atoms with E-state index in [-0.39, 0.29) is 5.76 Å². The summed E-state index contributed by atoms with van der Waals surface area (Å²) in [6.07, 6.45) is 1.46. The van der Waals surface area contributed by atoms with Gasteiger partial charge in [-0.25, -0.2) is 4.79 Å². The third-order valence-electron chi connectivity index (χ3n) is 1.92. The van der Waals surface area contributed by atoms with Crippen molar-refractivity contribution >= 4 is 12.0 Å². The molecule has 1 rings (SSSR count). The second-order valence-corrected chi connectivity index (χ2v) is 3.02. The standard InChI is InChI=1S/C12H14O4/c1-3-16-10-6-4-9(5-7-10)8-11(15-2)12(13)14/h4-8H,3H2,1-2H3,(H,13,14). The van der Waals surface area contributed by atoms with Gasteiger partial charge in [0, 0.05) is 0 Å². The van der Waals surface area contributed by atoms with Crippen LogP contribution in [0.5, 0.6) is 5.75 Å². The van der Waals surface area contributed by atoms with Crippen molar-refractivity contribution in [2.75, 3.05) is 13.7 Å². The zero-order chi connectivity index (χ0) is 12.0. The second-order valence-electron chi connectivity index (χ2n) is 3.02. The molecular weight excluding hydrogens is 208 g/mol. The van der Waals surface area contributed by atoms with Crippen LogP contribution in [0.2, 0.25) is 0 Å². The number of hydrogen-bond acceptors (Lipinski definition) is 3.